The Hall–Kier alpha value is -3.17. The van der Waals surface area contributed by atoms with Gasteiger partial charge in [0.15, 0.2) is 0 Å². The van der Waals surface area contributed by atoms with Gasteiger partial charge in [0.25, 0.3) is 5.91 Å². The van der Waals surface area contributed by atoms with E-state index in [1.807, 2.05) is 5.32 Å². The summed E-state index contributed by atoms with van der Waals surface area (Å²) >= 11 is 0. The number of ether oxygens (including phenoxy) is 1. The summed E-state index contributed by atoms with van der Waals surface area (Å²) in [5.74, 6) is -3.85. The van der Waals surface area contributed by atoms with Crippen molar-refractivity contribution >= 4 is 17.6 Å². The van der Waals surface area contributed by atoms with Crippen molar-refractivity contribution < 1.29 is 31.9 Å². The standard InChI is InChI=1S/C17H15F4N3O3/c1-2-27-15(26)16(17(19,20)21,23-13-7-3-6-12(18)9-13)24-14(25)11-5-4-8-22-10-11/h3-10,23H,2H2,1H3,(H,24,25)/t16-/m0/s1. The minimum absolute atomic E-state index is 0.212. The smallest absolute Gasteiger partial charge is 0.441 e. The van der Waals surface area contributed by atoms with Gasteiger partial charge in [-0.25, -0.2) is 9.18 Å². The van der Waals surface area contributed by atoms with Gasteiger partial charge < -0.3 is 15.4 Å². The second-order valence-corrected chi connectivity index (χ2v) is 5.30. The Morgan fingerprint density at radius 3 is 2.48 bits per heavy atom. The number of hydrogen-bond donors (Lipinski definition) is 2. The van der Waals surface area contributed by atoms with Crippen LogP contribution >= 0.6 is 0 Å². The third-order valence-electron chi connectivity index (χ3n) is 3.39. The third-order valence-corrected chi connectivity index (χ3v) is 3.39. The van der Waals surface area contributed by atoms with Gasteiger partial charge >= 0.3 is 17.8 Å². The molecule has 2 rings (SSSR count). The number of anilines is 1. The van der Waals surface area contributed by atoms with Crippen molar-refractivity contribution in [1.82, 2.24) is 10.3 Å². The predicted molar refractivity (Wildman–Crippen MR) is 87.1 cm³/mol. The van der Waals surface area contributed by atoms with E-state index in [9.17, 15) is 27.2 Å². The molecule has 2 N–H and O–H groups in total. The van der Waals surface area contributed by atoms with E-state index in [1.54, 1.807) is 5.32 Å². The maximum absolute atomic E-state index is 13.9. The first-order valence-electron chi connectivity index (χ1n) is 7.70. The highest BCUT2D eigenvalue weighted by atomic mass is 19.4. The average molecular weight is 385 g/mol. The lowest BCUT2D eigenvalue weighted by Gasteiger charge is -2.35. The van der Waals surface area contributed by atoms with Crippen LogP contribution in [0.5, 0.6) is 0 Å². The van der Waals surface area contributed by atoms with Crippen LogP contribution in [0.25, 0.3) is 0 Å². The summed E-state index contributed by atoms with van der Waals surface area (Å²) in [7, 11) is 0. The van der Waals surface area contributed by atoms with Crippen molar-refractivity contribution in [1.29, 1.82) is 0 Å². The quantitative estimate of drug-likeness (QED) is 0.454. The minimum atomic E-state index is -5.32. The number of amides is 1. The summed E-state index contributed by atoms with van der Waals surface area (Å²) in [6.07, 6.45) is -2.96. The number of esters is 1. The lowest BCUT2D eigenvalue weighted by molar-refractivity contribution is -0.204. The summed E-state index contributed by atoms with van der Waals surface area (Å²) < 4.78 is 59.7. The van der Waals surface area contributed by atoms with Crippen molar-refractivity contribution in [2.45, 2.75) is 18.8 Å². The zero-order valence-electron chi connectivity index (χ0n) is 14.0. The molecule has 0 spiro atoms. The van der Waals surface area contributed by atoms with E-state index in [4.69, 9.17) is 0 Å². The second kappa shape index (κ2) is 8.02. The molecular weight excluding hydrogens is 370 g/mol. The first-order chi connectivity index (χ1) is 12.7. The normalized spacial score (nSPS) is 13.4. The van der Waals surface area contributed by atoms with Crippen molar-refractivity contribution in [3.63, 3.8) is 0 Å². The van der Waals surface area contributed by atoms with Gasteiger partial charge in [0.1, 0.15) is 5.82 Å². The number of benzene rings is 1. The number of rotatable bonds is 6. The van der Waals surface area contributed by atoms with Crippen LogP contribution in [0.15, 0.2) is 48.8 Å². The van der Waals surface area contributed by atoms with Crippen LogP contribution in [-0.2, 0) is 9.53 Å². The number of halogens is 4. The van der Waals surface area contributed by atoms with Crippen molar-refractivity contribution in [3.8, 4) is 0 Å². The molecule has 144 valence electrons. The van der Waals surface area contributed by atoms with Crippen molar-refractivity contribution in [2.24, 2.45) is 0 Å². The van der Waals surface area contributed by atoms with Crippen LogP contribution < -0.4 is 10.6 Å². The van der Waals surface area contributed by atoms with E-state index in [1.165, 1.54) is 25.3 Å². The van der Waals surface area contributed by atoms with Gasteiger partial charge in [-0.3, -0.25) is 9.78 Å². The van der Waals surface area contributed by atoms with E-state index < -0.39 is 29.5 Å². The maximum Gasteiger partial charge on any atom is 0.441 e. The van der Waals surface area contributed by atoms with Crippen LogP contribution in [-0.4, -0.2) is 35.3 Å². The van der Waals surface area contributed by atoms with Crippen LogP contribution in [0.3, 0.4) is 0 Å². The summed E-state index contributed by atoms with van der Waals surface area (Å²) in [5, 5.41) is 3.49. The lowest BCUT2D eigenvalue weighted by atomic mass is 10.1. The van der Waals surface area contributed by atoms with Gasteiger partial charge in [-0.1, -0.05) is 6.07 Å². The molecule has 1 aromatic carbocycles. The van der Waals surface area contributed by atoms with Crippen LogP contribution in [0.2, 0.25) is 0 Å². The summed E-state index contributed by atoms with van der Waals surface area (Å²) in [6.45, 7) is 0.939. The molecule has 0 saturated carbocycles. The molecule has 0 aliphatic carbocycles. The Kier molecular flexibility index (Phi) is 5.98. The molecule has 0 unspecified atom stereocenters. The van der Waals surface area contributed by atoms with Crippen molar-refractivity contribution in [3.05, 3.63) is 60.2 Å². The van der Waals surface area contributed by atoms with E-state index >= 15 is 0 Å². The van der Waals surface area contributed by atoms with E-state index in [0.717, 1.165) is 30.5 Å². The highest BCUT2D eigenvalue weighted by molar-refractivity contribution is 5.99. The molecule has 0 aliphatic rings. The number of nitrogens with one attached hydrogen (secondary N) is 2. The number of hydrogen-bond acceptors (Lipinski definition) is 5. The Labute approximate surface area is 151 Å². The summed E-state index contributed by atoms with van der Waals surface area (Å²) in [4.78, 5) is 28.2. The molecule has 0 aliphatic heterocycles. The molecule has 10 heteroatoms. The van der Waals surface area contributed by atoms with Crippen LogP contribution in [0, 0.1) is 5.82 Å². The van der Waals surface area contributed by atoms with Gasteiger partial charge in [0.2, 0.25) is 0 Å². The topological polar surface area (TPSA) is 80.3 Å². The predicted octanol–water partition coefficient (Wildman–Crippen LogP) is 2.88. The molecule has 1 amide bonds. The maximum atomic E-state index is 13.9. The minimum Gasteiger partial charge on any atom is -0.463 e. The lowest BCUT2D eigenvalue weighted by Crippen LogP contribution is -2.69. The molecule has 0 bridgehead atoms. The van der Waals surface area contributed by atoms with Crippen LogP contribution in [0.4, 0.5) is 23.2 Å². The SMILES string of the molecule is CCOC(=O)[C@@](NC(=O)c1cccnc1)(Nc1cccc(F)c1)C(F)(F)F. The Morgan fingerprint density at radius 1 is 1.19 bits per heavy atom. The third kappa shape index (κ3) is 4.52. The molecule has 27 heavy (non-hydrogen) atoms. The number of pyridine rings is 1. The Morgan fingerprint density at radius 2 is 1.93 bits per heavy atom. The first kappa shape index (κ1) is 20.1. The number of alkyl halides is 3. The van der Waals surface area contributed by atoms with Crippen LogP contribution in [0.1, 0.15) is 17.3 Å². The number of carbonyl (C=O) groups excluding carboxylic acids is 2. The zero-order valence-corrected chi connectivity index (χ0v) is 14.0. The second-order valence-electron chi connectivity index (χ2n) is 5.30. The van der Waals surface area contributed by atoms with E-state index in [0.29, 0.717) is 0 Å². The highest BCUT2D eigenvalue weighted by Crippen LogP contribution is 2.33. The number of nitrogens with zero attached hydrogens (tertiary/aromatic N) is 1. The fourth-order valence-electron chi connectivity index (χ4n) is 2.15. The van der Waals surface area contributed by atoms with Gasteiger partial charge in [0, 0.05) is 18.1 Å². The molecule has 0 saturated heterocycles. The molecule has 1 atom stereocenters. The van der Waals surface area contributed by atoms with Crippen molar-refractivity contribution in [2.75, 3.05) is 11.9 Å². The largest absolute Gasteiger partial charge is 0.463 e. The monoisotopic (exact) mass is 385 g/mol. The summed E-state index contributed by atoms with van der Waals surface area (Å²) in [5.41, 5.74) is -4.23. The molecule has 2 aromatic rings. The Bertz CT molecular complexity index is 815. The highest BCUT2D eigenvalue weighted by Gasteiger charge is 2.63. The molecule has 6 nitrogen and oxygen atoms in total. The zero-order chi connectivity index (χ0) is 20.1. The fraction of sp³-hybridized carbons (Fsp3) is 0.235. The molecule has 1 heterocycles. The van der Waals surface area contributed by atoms with Gasteiger partial charge in [-0.15, -0.1) is 0 Å². The molecular formula is C17H15F4N3O3. The van der Waals surface area contributed by atoms with Gasteiger partial charge in [-0.2, -0.15) is 13.2 Å². The van der Waals surface area contributed by atoms with Gasteiger partial charge in [-0.05, 0) is 37.3 Å². The van der Waals surface area contributed by atoms with E-state index in [2.05, 4.69) is 9.72 Å². The number of aromatic nitrogens is 1. The van der Waals surface area contributed by atoms with E-state index in [-0.39, 0.29) is 17.9 Å². The van der Waals surface area contributed by atoms with Gasteiger partial charge in [0.05, 0.1) is 12.2 Å². The average Bonchev–Trinajstić information content (AvgIpc) is 2.61. The molecule has 1 aromatic heterocycles. The Balaban J connectivity index is 2.50. The number of carbonyl (C=O) groups is 2. The fourth-order valence-corrected chi connectivity index (χ4v) is 2.15. The molecule has 0 radical (unpaired) electrons. The first-order valence-corrected chi connectivity index (χ1v) is 7.70. The summed E-state index contributed by atoms with van der Waals surface area (Å²) in [6, 6.07) is 6.58. The molecule has 0 fully saturated rings.